The van der Waals surface area contributed by atoms with E-state index in [2.05, 4.69) is 18.7 Å². The number of unbranched alkanes of at least 4 members (excludes halogenated alkanes) is 5. The monoisotopic (exact) mass is 255 g/mol. The number of carbonyl (C=O) groups is 1. The van der Waals surface area contributed by atoms with Crippen molar-refractivity contribution in [3.05, 3.63) is 0 Å². The fourth-order valence-corrected chi connectivity index (χ4v) is 2.82. The van der Waals surface area contributed by atoms with E-state index in [0.29, 0.717) is 5.92 Å². The second kappa shape index (κ2) is 8.52. The van der Waals surface area contributed by atoms with Gasteiger partial charge in [-0.2, -0.15) is 0 Å². The minimum Gasteiger partial charge on any atom is -0.469 e. The topological polar surface area (TPSA) is 29.5 Å². The Kier molecular flexibility index (Phi) is 7.33. The van der Waals surface area contributed by atoms with Crippen molar-refractivity contribution >= 4 is 5.97 Å². The van der Waals surface area contributed by atoms with Gasteiger partial charge in [0, 0.05) is 13.1 Å². The molecular weight excluding hydrogens is 226 g/mol. The molecule has 1 heterocycles. The molecule has 0 aliphatic carbocycles. The third-order valence-corrected chi connectivity index (χ3v) is 4.02. The number of esters is 1. The molecule has 0 radical (unpaired) electrons. The molecule has 1 saturated heterocycles. The fourth-order valence-electron chi connectivity index (χ4n) is 2.82. The average Bonchev–Trinajstić information content (AvgIpc) is 2.74. The summed E-state index contributed by atoms with van der Waals surface area (Å²) in [5.74, 6) is 0.501. The molecule has 0 N–H and O–H groups in total. The Morgan fingerprint density at radius 1 is 1.17 bits per heavy atom. The highest BCUT2D eigenvalue weighted by atomic mass is 16.5. The molecular formula is C15H29NO2. The molecule has 1 aliphatic heterocycles. The SMILES string of the molecule is CCCCCCCCN1CC(C)C(C(=O)OC)C1. The molecule has 0 amide bonds. The summed E-state index contributed by atoms with van der Waals surface area (Å²) in [6.07, 6.45) is 8.00. The Hall–Kier alpha value is -0.570. The van der Waals surface area contributed by atoms with Crippen LogP contribution in [0.5, 0.6) is 0 Å². The summed E-state index contributed by atoms with van der Waals surface area (Å²) in [6.45, 7) is 7.49. The van der Waals surface area contributed by atoms with E-state index in [9.17, 15) is 4.79 Å². The summed E-state index contributed by atoms with van der Waals surface area (Å²) in [5.41, 5.74) is 0. The molecule has 106 valence electrons. The standard InChI is InChI=1S/C15H29NO2/c1-4-5-6-7-8-9-10-16-11-13(2)14(12-16)15(17)18-3/h13-14H,4-12H2,1-3H3. The maximum atomic E-state index is 11.6. The summed E-state index contributed by atoms with van der Waals surface area (Å²) >= 11 is 0. The van der Waals surface area contributed by atoms with Gasteiger partial charge in [0.1, 0.15) is 0 Å². The first-order valence-corrected chi connectivity index (χ1v) is 7.49. The van der Waals surface area contributed by atoms with Crippen molar-refractivity contribution in [1.82, 2.24) is 4.90 Å². The van der Waals surface area contributed by atoms with Crippen molar-refractivity contribution in [2.75, 3.05) is 26.7 Å². The zero-order valence-electron chi connectivity index (χ0n) is 12.3. The number of rotatable bonds is 8. The van der Waals surface area contributed by atoms with Gasteiger partial charge in [0.2, 0.25) is 0 Å². The molecule has 18 heavy (non-hydrogen) atoms. The Balaban J connectivity index is 2.12. The minimum absolute atomic E-state index is 0.0343. The number of ether oxygens (including phenoxy) is 1. The number of methoxy groups -OCH3 is 1. The van der Waals surface area contributed by atoms with Gasteiger partial charge < -0.3 is 9.64 Å². The van der Waals surface area contributed by atoms with E-state index >= 15 is 0 Å². The third kappa shape index (κ3) is 4.97. The highest BCUT2D eigenvalue weighted by Crippen LogP contribution is 2.24. The highest BCUT2D eigenvalue weighted by Gasteiger charge is 2.34. The molecule has 0 bridgehead atoms. The fraction of sp³-hybridized carbons (Fsp3) is 0.933. The van der Waals surface area contributed by atoms with Crippen LogP contribution in [0.2, 0.25) is 0 Å². The van der Waals surface area contributed by atoms with Gasteiger partial charge in [-0.25, -0.2) is 0 Å². The second-order valence-corrected chi connectivity index (χ2v) is 5.63. The van der Waals surface area contributed by atoms with Crippen molar-refractivity contribution in [3.8, 4) is 0 Å². The van der Waals surface area contributed by atoms with E-state index < -0.39 is 0 Å². The summed E-state index contributed by atoms with van der Waals surface area (Å²) < 4.78 is 4.86. The van der Waals surface area contributed by atoms with Crippen LogP contribution in [0.15, 0.2) is 0 Å². The van der Waals surface area contributed by atoms with E-state index in [0.717, 1.165) is 19.6 Å². The molecule has 0 saturated carbocycles. The molecule has 3 nitrogen and oxygen atoms in total. The zero-order chi connectivity index (χ0) is 13.4. The zero-order valence-corrected chi connectivity index (χ0v) is 12.3. The second-order valence-electron chi connectivity index (χ2n) is 5.63. The Morgan fingerprint density at radius 2 is 1.83 bits per heavy atom. The van der Waals surface area contributed by atoms with Gasteiger partial charge in [-0.1, -0.05) is 46.0 Å². The largest absolute Gasteiger partial charge is 0.469 e. The summed E-state index contributed by atoms with van der Waals surface area (Å²) in [6, 6.07) is 0. The van der Waals surface area contributed by atoms with Crippen molar-refractivity contribution in [2.45, 2.75) is 52.4 Å². The predicted octanol–water partition coefficient (Wildman–Crippen LogP) is 3.09. The van der Waals surface area contributed by atoms with Crippen molar-refractivity contribution in [3.63, 3.8) is 0 Å². The van der Waals surface area contributed by atoms with Crippen LogP contribution in [0.25, 0.3) is 0 Å². The summed E-state index contributed by atoms with van der Waals surface area (Å²) in [5, 5.41) is 0. The molecule has 0 spiro atoms. The maximum absolute atomic E-state index is 11.6. The number of nitrogens with zero attached hydrogens (tertiary/aromatic N) is 1. The van der Waals surface area contributed by atoms with Crippen LogP contribution in [0.4, 0.5) is 0 Å². The highest BCUT2D eigenvalue weighted by molar-refractivity contribution is 5.73. The lowest BCUT2D eigenvalue weighted by Crippen LogP contribution is -2.25. The van der Waals surface area contributed by atoms with Crippen molar-refractivity contribution in [2.24, 2.45) is 11.8 Å². The van der Waals surface area contributed by atoms with Gasteiger partial charge in [0.05, 0.1) is 13.0 Å². The van der Waals surface area contributed by atoms with Gasteiger partial charge in [-0.3, -0.25) is 4.79 Å². The van der Waals surface area contributed by atoms with Crippen LogP contribution in [-0.4, -0.2) is 37.6 Å². The first kappa shape index (κ1) is 15.5. The molecule has 1 rings (SSSR count). The van der Waals surface area contributed by atoms with Crippen molar-refractivity contribution < 1.29 is 9.53 Å². The van der Waals surface area contributed by atoms with Crippen LogP contribution in [0.1, 0.15) is 52.4 Å². The summed E-state index contributed by atoms with van der Waals surface area (Å²) in [7, 11) is 1.49. The molecule has 0 aromatic rings. The van der Waals surface area contributed by atoms with Gasteiger partial charge in [0.15, 0.2) is 0 Å². The van der Waals surface area contributed by atoms with E-state index in [1.807, 2.05) is 0 Å². The third-order valence-electron chi connectivity index (χ3n) is 4.02. The van der Waals surface area contributed by atoms with Crippen LogP contribution in [0, 0.1) is 11.8 Å². The molecule has 0 aromatic carbocycles. The lowest BCUT2D eigenvalue weighted by molar-refractivity contribution is -0.146. The number of hydrogen-bond donors (Lipinski definition) is 0. The van der Waals surface area contributed by atoms with Crippen LogP contribution in [0.3, 0.4) is 0 Å². The maximum Gasteiger partial charge on any atom is 0.310 e. The average molecular weight is 255 g/mol. The Labute approximate surface area is 112 Å². The normalized spacial score (nSPS) is 24.4. The molecule has 1 fully saturated rings. The quantitative estimate of drug-likeness (QED) is 0.493. The smallest absolute Gasteiger partial charge is 0.310 e. The molecule has 1 aliphatic rings. The summed E-state index contributed by atoms with van der Waals surface area (Å²) in [4.78, 5) is 14.0. The van der Waals surface area contributed by atoms with Gasteiger partial charge in [0.25, 0.3) is 0 Å². The lowest BCUT2D eigenvalue weighted by Gasteiger charge is -2.15. The predicted molar refractivity (Wildman–Crippen MR) is 74.5 cm³/mol. The molecule has 2 atom stereocenters. The molecule has 0 aromatic heterocycles. The van der Waals surface area contributed by atoms with E-state index in [1.54, 1.807) is 0 Å². The molecule has 3 heteroatoms. The van der Waals surface area contributed by atoms with E-state index in [1.165, 1.54) is 45.6 Å². The lowest BCUT2D eigenvalue weighted by atomic mass is 9.99. The van der Waals surface area contributed by atoms with Gasteiger partial charge in [-0.05, 0) is 18.9 Å². The van der Waals surface area contributed by atoms with Crippen LogP contribution in [-0.2, 0) is 9.53 Å². The van der Waals surface area contributed by atoms with Gasteiger partial charge in [-0.15, -0.1) is 0 Å². The number of hydrogen-bond acceptors (Lipinski definition) is 3. The Bertz CT molecular complexity index is 243. The molecule has 2 unspecified atom stereocenters. The first-order valence-electron chi connectivity index (χ1n) is 7.49. The Morgan fingerprint density at radius 3 is 2.50 bits per heavy atom. The number of likely N-dealkylation sites (tertiary alicyclic amines) is 1. The van der Waals surface area contributed by atoms with E-state index in [-0.39, 0.29) is 11.9 Å². The van der Waals surface area contributed by atoms with Crippen molar-refractivity contribution in [1.29, 1.82) is 0 Å². The van der Waals surface area contributed by atoms with E-state index in [4.69, 9.17) is 4.74 Å². The number of carbonyl (C=O) groups excluding carboxylic acids is 1. The van der Waals surface area contributed by atoms with Crippen LogP contribution >= 0.6 is 0 Å². The van der Waals surface area contributed by atoms with Crippen LogP contribution < -0.4 is 0 Å². The first-order chi connectivity index (χ1) is 8.69. The minimum atomic E-state index is -0.0343. The van der Waals surface area contributed by atoms with Gasteiger partial charge >= 0.3 is 5.97 Å².